The van der Waals surface area contributed by atoms with Gasteiger partial charge in [0.15, 0.2) is 11.6 Å². The standard InChI is InChI=1S/C10H8F3N/c1-2-6(5-14)8-3-7(11)4-9(12)10(8)13/h3-4,6H,2H2,1H3. The Balaban J connectivity index is 3.27. The normalized spacial score (nSPS) is 12.2. The molecule has 0 aromatic heterocycles. The number of hydrogen-bond donors (Lipinski definition) is 0. The molecule has 0 bridgehead atoms. The molecule has 0 heterocycles. The van der Waals surface area contributed by atoms with Crippen LogP contribution in [0.25, 0.3) is 0 Å². The van der Waals surface area contributed by atoms with Crippen LogP contribution in [0.5, 0.6) is 0 Å². The first-order valence-electron chi connectivity index (χ1n) is 4.14. The lowest BCUT2D eigenvalue weighted by Crippen LogP contribution is -2.01. The molecule has 0 amide bonds. The summed E-state index contributed by atoms with van der Waals surface area (Å²) in [6.07, 6.45) is 0.316. The maximum atomic E-state index is 13.1. The second kappa shape index (κ2) is 4.14. The van der Waals surface area contributed by atoms with Gasteiger partial charge in [-0.25, -0.2) is 13.2 Å². The zero-order valence-corrected chi connectivity index (χ0v) is 7.52. The highest BCUT2D eigenvalue weighted by Crippen LogP contribution is 2.24. The van der Waals surface area contributed by atoms with Crippen LogP contribution in [0, 0.1) is 28.8 Å². The summed E-state index contributed by atoms with van der Waals surface area (Å²) < 4.78 is 38.6. The Morgan fingerprint density at radius 3 is 2.50 bits per heavy atom. The minimum atomic E-state index is -1.26. The fourth-order valence-electron chi connectivity index (χ4n) is 1.21. The Hall–Kier alpha value is -1.50. The Morgan fingerprint density at radius 1 is 1.36 bits per heavy atom. The van der Waals surface area contributed by atoms with Crippen LogP contribution in [0.2, 0.25) is 0 Å². The second-order valence-electron chi connectivity index (χ2n) is 2.88. The van der Waals surface area contributed by atoms with E-state index in [4.69, 9.17) is 5.26 Å². The van der Waals surface area contributed by atoms with Gasteiger partial charge < -0.3 is 0 Å². The molecule has 1 nitrogen and oxygen atoms in total. The van der Waals surface area contributed by atoms with E-state index < -0.39 is 23.4 Å². The van der Waals surface area contributed by atoms with E-state index in [2.05, 4.69) is 0 Å². The van der Waals surface area contributed by atoms with Crippen LogP contribution in [-0.2, 0) is 0 Å². The summed E-state index contributed by atoms with van der Waals surface area (Å²) in [4.78, 5) is 0. The van der Waals surface area contributed by atoms with Crippen molar-refractivity contribution in [3.63, 3.8) is 0 Å². The molecule has 1 aromatic rings. The third kappa shape index (κ3) is 1.87. The summed E-state index contributed by atoms with van der Waals surface area (Å²) in [6, 6.07) is 3.11. The summed E-state index contributed by atoms with van der Waals surface area (Å²) >= 11 is 0. The van der Waals surface area contributed by atoms with E-state index in [9.17, 15) is 13.2 Å². The molecule has 0 spiro atoms. The van der Waals surface area contributed by atoms with Gasteiger partial charge in [-0.05, 0) is 12.5 Å². The molecule has 4 heteroatoms. The van der Waals surface area contributed by atoms with Gasteiger partial charge in [0.1, 0.15) is 5.82 Å². The number of halogens is 3. The van der Waals surface area contributed by atoms with Gasteiger partial charge in [-0.3, -0.25) is 0 Å². The lowest BCUT2D eigenvalue weighted by atomic mass is 9.97. The van der Waals surface area contributed by atoms with Crippen molar-refractivity contribution in [1.82, 2.24) is 0 Å². The number of rotatable bonds is 2. The molecule has 0 radical (unpaired) electrons. The molecule has 1 atom stereocenters. The summed E-state index contributed by atoms with van der Waals surface area (Å²) in [5, 5.41) is 8.62. The fraction of sp³-hybridized carbons (Fsp3) is 0.300. The molecular formula is C10H8F3N. The van der Waals surface area contributed by atoms with Crippen molar-refractivity contribution in [3.8, 4) is 6.07 Å². The largest absolute Gasteiger partial charge is 0.207 e. The SMILES string of the molecule is CCC(C#N)c1cc(F)cc(F)c1F. The van der Waals surface area contributed by atoms with Crippen molar-refractivity contribution in [2.75, 3.05) is 0 Å². The van der Waals surface area contributed by atoms with Crippen LogP contribution in [0.4, 0.5) is 13.2 Å². The topological polar surface area (TPSA) is 23.8 Å². The van der Waals surface area contributed by atoms with Crippen LogP contribution < -0.4 is 0 Å². The molecule has 0 aliphatic heterocycles. The minimum Gasteiger partial charge on any atom is -0.207 e. The van der Waals surface area contributed by atoms with Gasteiger partial charge in [0.05, 0.1) is 12.0 Å². The number of nitrogens with zero attached hydrogens (tertiary/aromatic N) is 1. The Bertz CT molecular complexity index is 382. The molecule has 0 aliphatic rings. The summed E-state index contributed by atoms with van der Waals surface area (Å²) in [6.45, 7) is 1.65. The van der Waals surface area contributed by atoms with Gasteiger partial charge in [-0.15, -0.1) is 0 Å². The molecule has 0 aliphatic carbocycles. The molecule has 0 saturated carbocycles. The summed E-state index contributed by atoms with van der Waals surface area (Å²) in [7, 11) is 0. The minimum absolute atomic E-state index is 0.215. The highest BCUT2D eigenvalue weighted by Gasteiger charge is 2.18. The van der Waals surface area contributed by atoms with Crippen LogP contribution >= 0.6 is 0 Å². The number of nitriles is 1. The van der Waals surface area contributed by atoms with E-state index in [0.29, 0.717) is 12.5 Å². The monoisotopic (exact) mass is 199 g/mol. The lowest BCUT2D eigenvalue weighted by molar-refractivity contribution is 0.480. The van der Waals surface area contributed by atoms with Crippen LogP contribution in [-0.4, -0.2) is 0 Å². The van der Waals surface area contributed by atoms with Gasteiger partial charge in [0, 0.05) is 11.6 Å². The van der Waals surface area contributed by atoms with Gasteiger partial charge in [0.25, 0.3) is 0 Å². The van der Waals surface area contributed by atoms with Crippen LogP contribution in [0.1, 0.15) is 24.8 Å². The van der Waals surface area contributed by atoms with Crippen molar-refractivity contribution in [2.24, 2.45) is 0 Å². The highest BCUT2D eigenvalue weighted by atomic mass is 19.2. The smallest absolute Gasteiger partial charge is 0.163 e. The molecular weight excluding hydrogens is 191 g/mol. The first-order chi connectivity index (χ1) is 6.60. The zero-order chi connectivity index (χ0) is 10.7. The van der Waals surface area contributed by atoms with E-state index >= 15 is 0 Å². The second-order valence-corrected chi connectivity index (χ2v) is 2.88. The van der Waals surface area contributed by atoms with Crippen molar-refractivity contribution in [3.05, 3.63) is 35.1 Å². The summed E-state index contributed by atoms with van der Waals surface area (Å²) in [5.41, 5.74) is -0.215. The number of hydrogen-bond acceptors (Lipinski definition) is 1. The van der Waals surface area contributed by atoms with E-state index in [1.807, 2.05) is 0 Å². The van der Waals surface area contributed by atoms with Gasteiger partial charge in [-0.1, -0.05) is 6.92 Å². The average molecular weight is 199 g/mol. The zero-order valence-electron chi connectivity index (χ0n) is 7.52. The predicted octanol–water partition coefficient (Wildman–Crippen LogP) is 3.12. The van der Waals surface area contributed by atoms with E-state index in [1.54, 1.807) is 13.0 Å². The van der Waals surface area contributed by atoms with E-state index in [1.165, 1.54) is 0 Å². The maximum absolute atomic E-state index is 13.1. The molecule has 1 aromatic carbocycles. The number of benzene rings is 1. The third-order valence-corrected chi connectivity index (χ3v) is 1.96. The lowest BCUT2D eigenvalue weighted by Gasteiger charge is -2.08. The average Bonchev–Trinajstić information content (AvgIpc) is 2.15. The molecule has 0 N–H and O–H groups in total. The Kier molecular flexibility index (Phi) is 3.13. The molecule has 14 heavy (non-hydrogen) atoms. The van der Waals surface area contributed by atoms with Crippen molar-refractivity contribution >= 4 is 0 Å². The highest BCUT2D eigenvalue weighted by molar-refractivity contribution is 5.28. The van der Waals surface area contributed by atoms with Crippen molar-refractivity contribution < 1.29 is 13.2 Å². The van der Waals surface area contributed by atoms with Crippen LogP contribution in [0.15, 0.2) is 12.1 Å². The van der Waals surface area contributed by atoms with Gasteiger partial charge in [0.2, 0.25) is 0 Å². The van der Waals surface area contributed by atoms with E-state index in [0.717, 1.165) is 6.07 Å². The first kappa shape index (κ1) is 10.6. The molecule has 74 valence electrons. The first-order valence-corrected chi connectivity index (χ1v) is 4.14. The van der Waals surface area contributed by atoms with Crippen molar-refractivity contribution in [2.45, 2.75) is 19.3 Å². The van der Waals surface area contributed by atoms with Gasteiger partial charge >= 0.3 is 0 Å². The van der Waals surface area contributed by atoms with Crippen molar-refractivity contribution in [1.29, 1.82) is 5.26 Å². The Morgan fingerprint density at radius 2 is 2.00 bits per heavy atom. The molecule has 0 saturated heterocycles. The van der Waals surface area contributed by atoms with Crippen LogP contribution in [0.3, 0.4) is 0 Å². The molecule has 1 rings (SSSR count). The van der Waals surface area contributed by atoms with E-state index in [-0.39, 0.29) is 5.56 Å². The fourth-order valence-corrected chi connectivity index (χ4v) is 1.21. The summed E-state index contributed by atoms with van der Waals surface area (Å²) in [5.74, 6) is -4.07. The third-order valence-electron chi connectivity index (χ3n) is 1.96. The maximum Gasteiger partial charge on any atom is 0.163 e. The quantitative estimate of drug-likeness (QED) is 0.671. The molecule has 1 unspecified atom stereocenters. The molecule has 0 fully saturated rings. The predicted molar refractivity (Wildman–Crippen MR) is 45.0 cm³/mol. The van der Waals surface area contributed by atoms with Gasteiger partial charge in [-0.2, -0.15) is 5.26 Å². The Labute approximate surface area is 79.8 Å².